The van der Waals surface area contributed by atoms with Gasteiger partial charge in [-0.1, -0.05) is 12.1 Å². The van der Waals surface area contributed by atoms with Crippen molar-refractivity contribution in [3.63, 3.8) is 0 Å². The fraction of sp³-hybridized carbons (Fsp3) is 0.381. The second-order valence-electron chi connectivity index (χ2n) is 7.26. The maximum absolute atomic E-state index is 12.5. The Morgan fingerprint density at radius 2 is 1.86 bits per heavy atom. The highest BCUT2D eigenvalue weighted by Gasteiger charge is 2.26. The lowest BCUT2D eigenvalue weighted by molar-refractivity contribution is -0.132. The Morgan fingerprint density at radius 3 is 2.57 bits per heavy atom. The summed E-state index contributed by atoms with van der Waals surface area (Å²) in [5.41, 5.74) is 1.66. The van der Waals surface area contributed by atoms with E-state index >= 15 is 0 Å². The monoisotopic (exact) mass is 397 g/mol. The number of carbonyl (C=O) groups excluding carboxylic acids is 2. The number of hydrogen-bond donors (Lipinski definition) is 1. The molecule has 0 unspecified atom stereocenters. The molecule has 2 aromatic heterocycles. The van der Waals surface area contributed by atoms with Crippen LogP contribution in [0.3, 0.4) is 0 Å². The zero-order valence-corrected chi connectivity index (χ0v) is 16.6. The average Bonchev–Trinajstić information content (AvgIpc) is 3.28. The van der Waals surface area contributed by atoms with Crippen LogP contribution in [0.15, 0.2) is 41.2 Å². The third kappa shape index (κ3) is 3.67. The number of thiophene rings is 1. The van der Waals surface area contributed by atoms with Gasteiger partial charge in [0.25, 0.3) is 0 Å². The predicted molar refractivity (Wildman–Crippen MR) is 110 cm³/mol. The van der Waals surface area contributed by atoms with Crippen LogP contribution in [-0.4, -0.2) is 39.2 Å². The fourth-order valence-corrected chi connectivity index (χ4v) is 4.73. The summed E-state index contributed by atoms with van der Waals surface area (Å²) >= 11 is 1.47. The number of aromatic amines is 1. The number of amides is 1. The lowest BCUT2D eigenvalue weighted by Gasteiger charge is -2.32. The number of piperidine rings is 1. The van der Waals surface area contributed by atoms with Gasteiger partial charge in [0.15, 0.2) is 5.78 Å². The van der Waals surface area contributed by atoms with E-state index in [1.54, 1.807) is 0 Å². The lowest BCUT2D eigenvalue weighted by Crippen LogP contribution is -2.40. The summed E-state index contributed by atoms with van der Waals surface area (Å²) in [5, 5.41) is 0. The normalized spacial score (nSPS) is 15.2. The molecule has 1 saturated heterocycles. The number of imidazole rings is 1. The number of Topliss-reactive ketones (excluding diaryl/α,β-unsaturated/α-hetero) is 1. The molecule has 3 heterocycles. The molecule has 3 aromatic rings. The number of carbonyl (C=O) groups is 2. The van der Waals surface area contributed by atoms with Gasteiger partial charge >= 0.3 is 5.69 Å². The van der Waals surface area contributed by atoms with Crippen molar-refractivity contribution in [2.75, 3.05) is 13.1 Å². The van der Waals surface area contributed by atoms with E-state index in [0.29, 0.717) is 13.1 Å². The molecule has 1 aliphatic heterocycles. The van der Waals surface area contributed by atoms with Gasteiger partial charge in [-0.05, 0) is 44.0 Å². The van der Waals surface area contributed by atoms with Gasteiger partial charge in [-0.15, -0.1) is 11.3 Å². The molecule has 4 rings (SSSR count). The number of hydrogen-bond acceptors (Lipinski definition) is 4. The van der Waals surface area contributed by atoms with Gasteiger partial charge in [-0.3, -0.25) is 14.2 Å². The smallest absolute Gasteiger partial charge is 0.326 e. The maximum atomic E-state index is 12.5. The molecule has 1 N–H and O–H groups in total. The second-order valence-corrected chi connectivity index (χ2v) is 8.55. The molecular weight excluding hydrogens is 374 g/mol. The van der Waals surface area contributed by atoms with Crippen molar-refractivity contribution in [1.82, 2.24) is 14.5 Å². The molecule has 28 heavy (non-hydrogen) atoms. The minimum absolute atomic E-state index is 0.0198. The molecule has 0 atom stereocenters. The zero-order chi connectivity index (χ0) is 19.7. The van der Waals surface area contributed by atoms with Crippen molar-refractivity contribution in [3.8, 4) is 0 Å². The number of ketones is 1. The lowest BCUT2D eigenvalue weighted by atomic mass is 10.0. The van der Waals surface area contributed by atoms with Crippen LogP contribution < -0.4 is 5.69 Å². The van der Waals surface area contributed by atoms with E-state index in [0.717, 1.165) is 33.6 Å². The third-order valence-corrected chi connectivity index (χ3v) is 6.43. The molecule has 0 radical (unpaired) electrons. The van der Waals surface area contributed by atoms with E-state index in [1.165, 1.54) is 11.3 Å². The van der Waals surface area contributed by atoms with Gasteiger partial charge in [0.05, 0.1) is 15.9 Å². The van der Waals surface area contributed by atoms with Crippen LogP contribution in [-0.2, 0) is 4.79 Å². The molecule has 0 aliphatic carbocycles. The van der Waals surface area contributed by atoms with Gasteiger partial charge in [0.2, 0.25) is 5.91 Å². The quantitative estimate of drug-likeness (QED) is 0.669. The summed E-state index contributed by atoms with van der Waals surface area (Å²) in [6, 6.07) is 11.5. The molecule has 1 aromatic carbocycles. The number of likely N-dealkylation sites (tertiary alicyclic amines) is 1. The van der Waals surface area contributed by atoms with E-state index < -0.39 is 0 Å². The van der Waals surface area contributed by atoms with Crippen LogP contribution in [0.25, 0.3) is 11.0 Å². The first-order valence-electron chi connectivity index (χ1n) is 9.59. The highest BCUT2D eigenvalue weighted by atomic mass is 32.1. The third-order valence-electron chi connectivity index (χ3n) is 5.39. The summed E-state index contributed by atoms with van der Waals surface area (Å²) in [7, 11) is 0. The highest BCUT2D eigenvalue weighted by Crippen LogP contribution is 2.25. The second kappa shape index (κ2) is 7.75. The Kier molecular flexibility index (Phi) is 5.17. The SMILES string of the molecule is Cc1ccc(C(=O)CCC(=O)N2CCC(n3c(=O)[nH]c4ccccc43)CC2)s1. The first kappa shape index (κ1) is 18.7. The van der Waals surface area contributed by atoms with E-state index in [2.05, 4.69) is 4.98 Å². The number of nitrogens with zero attached hydrogens (tertiary/aromatic N) is 2. The van der Waals surface area contributed by atoms with Gasteiger partial charge in [0.1, 0.15) is 0 Å². The Hall–Kier alpha value is -2.67. The molecule has 6 nitrogen and oxygen atoms in total. The Bertz CT molecular complexity index is 1070. The van der Waals surface area contributed by atoms with E-state index in [9.17, 15) is 14.4 Å². The summed E-state index contributed by atoms with van der Waals surface area (Å²) in [6.07, 6.45) is 1.98. The van der Waals surface area contributed by atoms with E-state index in [4.69, 9.17) is 0 Å². The van der Waals surface area contributed by atoms with E-state index in [-0.39, 0.29) is 36.3 Å². The minimum atomic E-state index is -0.0946. The van der Waals surface area contributed by atoms with Gasteiger partial charge in [-0.2, -0.15) is 0 Å². The molecule has 0 spiro atoms. The van der Waals surface area contributed by atoms with Crippen LogP contribution >= 0.6 is 11.3 Å². The Labute approximate surface area is 166 Å². The largest absolute Gasteiger partial charge is 0.343 e. The number of H-pyrrole nitrogens is 1. The maximum Gasteiger partial charge on any atom is 0.326 e. The van der Waals surface area contributed by atoms with Gasteiger partial charge in [0, 0.05) is 36.9 Å². The van der Waals surface area contributed by atoms with Crippen molar-refractivity contribution in [2.24, 2.45) is 0 Å². The van der Waals surface area contributed by atoms with Crippen LogP contribution in [0.4, 0.5) is 0 Å². The van der Waals surface area contributed by atoms with Crippen LogP contribution in [0, 0.1) is 6.92 Å². The summed E-state index contributed by atoms with van der Waals surface area (Å²) in [5.74, 6) is 0.0537. The Morgan fingerprint density at radius 1 is 1.11 bits per heavy atom. The van der Waals surface area contributed by atoms with Crippen LogP contribution in [0.5, 0.6) is 0 Å². The molecule has 146 valence electrons. The summed E-state index contributed by atoms with van der Waals surface area (Å²) in [4.78, 5) is 43.6. The molecule has 1 amide bonds. The van der Waals surface area contributed by atoms with Crippen LogP contribution in [0.1, 0.15) is 46.3 Å². The molecule has 0 saturated carbocycles. The van der Waals surface area contributed by atoms with Crippen molar-refractivity contribution >= 4 is 34.1 Å². The predicted octanol–water partition coefficient (Wildman–Crippen LogP) is 3.53. The number of aromatic nitrogens is 2. The van der Waals surface area contributed by atoms with Crippen molar-refractivity contribution in [1.29, 1.82) is 0 Å². The molecule has 1 aliphatic rings. The minimum Gasteiger partial charge on any atom is -0.343 e. The summed E-state index contributed by atoms with van der Waals surface area (Å²) < 4.78 is 1.82. The number of aryl methyl sites for hydroxylation is 1. The summed E-state index contributed by atoms with van der Waals surface area (Å²) in [6.45, 7) is 3.19. The number of para-hydroxylation sites is 2. The van der Waals surface area contributed by atoms with E-state index in [1.807, 2.05) is 52.8 Å². The molecular formula is C21H23N3O3S. The number of fused-ring (bicyclic) bond motifs is 1. The Balaban J connectivity index is 1.34. The number of benzene rings is 1. The molecule has 1 fully saturated rings. The highest BCUT2D eigenvalue weighted by molar-refractivity contribution is 7.14. The van der Waals surface area contributed by atoms with Crippen LogP contribution in [0.2, 0.25) is 0 Å². The first-order chi connectivity index (χ1) is 13.5. The van der Waals surface area contributed by atoms with Gasteiger partial charge in [-0.25, -0.2) is 4.79 Å². The van der Waals surface area contributed by atoms with Crippen molar-refractivity contribution in [2.45, 2.75) is 38.6 Å². The van der Waals surface area contributed by atoms with Gasteiger partial charge < -0.3 is 9.88 Å². The molecule has 0 bridgehead atoms. The molecule has 7 heteroatoms. The topological polar surface area (TPSA) is 75.2 Å². The number of nitrogens with one attached hydrogen (secondary N) is 1. The fourth-order valence-electron chi connectivity index (χ4n) is 3.90. The van der Waals surface area contributed by atoms with Crippen molar-refractivity contribution < 1.29 is 9.59 Å². The van der Waals surface area contributed by atoms with Crippen molar-refractivity contribution in [3.05, 3.63) is 56.6 Å². The standard InChI is InChI=1S/C21H23N3O3S/c1-14-6-8-19(28-14)18(25)7-9-20(26)23-12-10-15(11-13-23)24-17-5-3-2-4-16(17)22-21(24)27/h2-6,8,15H,7,9-13H2,1H3,(H,22,27). The zero-order valence-electron chi connectivity index (χ0n) is 15.8. The average molecular weight is 398 g/mol. The number of rotatable bonds is 5. The first-order valence-corrected chi connectivity index (χ1v) is 10.4.